The van der Waals surface area contributed by atoms with Gasteiger partial charge in [0.25, 0.3) is 0 Å². The molecule has 5 heterocycles. The molecule has 44 heavy (non-hydrogen) atoms. The van der Waals surface area contributed by atoms with Gasteiger partial charge in [-0.05, 0) is 38.7 Å². The van der Waals surface area contributed by atoms with Crippen LogP contribution in [0.15, 0.2) is 34.7 Å². The second-order valence-electron chi connectivity index (χ2n) is 14.4. The van der Waals surface area contributed by atoms with E-state index in [2.05, 4.69) is 6.92 Å². The Hall–Kier alpha value is -2.73. The molecule has 240 valence electrons. The van der Waals surface area contributed by atoms with Crippen LogP contribution >= 0.6 is 0 Å². The number of epoxide rings is 1. The van der Waals surface area contributed by atoms with Crippen molar-refractivity contribution in [3.05, 3.63) is 35.8 Å². The number of hydrogen-bond donors (Lipinski definition) is 1. The maximum Gasteiger partial charge on any atom is 0.333 e. The van der Waals surface area contributed by atoms with Gasteiger partial charge in [-0.2, -0.15) is 0 Å². The van der Waals surface area contributed by atoms with E-state index in [-0.39, 0.29) is 30.6 Å². The first-order valence-electron chi connectivity index (χ1n) is 15.5. The zero-order chi connectivity index (χ0) is 31.6. The van der Waals surface area contributed by atoms with Gasteiger partial charge in [0.2, 0.25) is 0 Å². The molecule has 1 N–H and O–H groups in total. The van der Waals surface area contributed by atoms with Gasteiger partial charge in [-0.15, -0.1) is 0 Å². The molecular formula is C33H42O11. The zero-order valence-corrected chi connectivity index (χ0v) is 26.3. The van der Waals surface area contributed by atoms with Crippen molar-refractivity contribution in [2.75, 3.05) is 14.2 Å². The lowest BCUT2D eigenvalue weighted by molar-refractivity contribution is -0.497. The number of furan rings is 1. The Morgan fingerprint density at radius 2 is 1.91 bits per heavy atom. The normalized spacial score (nSPS) is 50.1. The van der Waals surface area contributed by atoms with Gasteiger partial charge in [-0.25, -0.2) is 4.79 Å². The molecule has 11 nitrogen and oxygen atoms in total. The first kappa shape index (κ1) is 30.0. The largest absolute Gasteiger partial charge is 0.472 e. The van der Waals surface area contributed by atoms with Crippen molar-refractivity contribution in [1.82, 2.24) is 0 Å². The number of hydrogen-bond acceptors (Lipinski definition) is 11. The van der Waals surface area contributed by atoms with E-state index >= 15 is 0 Å². The Morgan fingerprint density at radius 1 is 1.16 bits per heavy atom. The summed E-state index contributed by atoms with van der Waals surface area (Å²) < 4.78 is 42.2. The van der Waals surface area contributed by atoms with E-state index in [1.54, 1.807) is 32.4 Å². The van der Waals surface area contributed by atoms with Crippen molar-refractivity contribution in [1.29, 1.82) is 0 Å². The van der Waals surface area contributed by atoms with Gasteiger partial charge in [-0.1, -0.05) is 26.8 Å². The number of rotatable bonds is 6. The van der Waals surface area contributed by atoms with E-state index in [1.807, 2.05) is 19.9 Å². The molecule has 4 aliphatic heterocycles. The van der Waals surface area contributed by atoms with Crippen LogP contribution in [0.3, 0.4) is 0 Å². The third-order valence-corrected chi connectivity index (χ3v) is 12.9. The molecule has 1 aromatic heterocycles. The van der Waals surface area contributed by atoms with Crippen molar-refractivity contribution >= 4 is 17.9 Å². The van der Waals surface area contributed by atoms with Crippen LogP contribution in [0, 0.1) is 39.9 Å². The van der Waals surface area contributed by atoms with E-state index in [9.17, 15) is 19.5 Å². The molecule has 0 radical (unpaired) electrons. The standard InChI is InChI=1S/C33H42O11/c1-8-16(2)27(36)42-25-23-26-32(43-26)18(9-11-29(3)19(32)13-22(35)41-24(29)17-10-12-40-15-17)31(5)20(14-21(34)38-6)30(25,4)28(39-7)44-33(23,31)37/h8,10,12,15,18-20,23-26,28,37H,9,11,13-14H2,1-7H3/b16-8+/t18-,19-,20+,23-,24+,25-,26-,28+,29-,30+,31-,32-,33-/m1/s1. The Kier molecular flexibility index (Phi) is 6.40. The second-order valence-corrected chi connectivity index (χ2v) is 14.4. The molecule has 1 spiro atoms. The molecule has 4 saturated heterocycles. The fourth-order valence-corrected chi connectivity index (χ4v) is 10.7. The van der Waals surface area contributed by atoms with E-state index in [4.69, 9.17) is 32.8 Å². The number of methoxy groups -OCH3 is 2. The van der Waals surface area contributed by atoms with E-state index in [0.29, 0.717) is 18.4 Å². The van der Waals surface area contributed by atoms with E-state index in [1.165, 1.54) is 14.2 Å². The van der Waals surface area contributed by atoms with Crippen molar-refractivity contribution in [3.63, 3.8) is 0 Å². The number of fused-ring (bicyclic) bond motifs is 2. The van der Waals surface area contributed by atoms with Gasteiger partial charge in [-0.3, -0.25) is 9.59 Å². The summed E-state index contributed by atoms with van der Waals surface area (Å²) in [6.45, 7) is 9.44. The van der Waals surface area contributed by atoms with Crippen LogP contribution < -0.4 is 0 Å². The molecule has 0 unspecified atom stereocenters. The Morgan fingerprint density at radius 3 is 2.55 bits per heavy atom. The molecule has 13 atom stereocenters. The molecule has 0 amide bonds. The topological polar surface area (TPSA) is 143 Å². The number of allylic oxidation sites excluding steroid dienone is 1. The number of carbonyl (C=O) groups excluding carboxylic acids is 3. The smallest absolute Gasteiger partial charge is 0.333 e. The van der Waals surface area contributed by atoms with Crippen molar-refractivity contribution < 1.29 is 52.3 Å². The fourth-order valence-electron chi connectivity index (χ4n) is 10.7. The Balaban J connectivity index is 1.41. The third-order valence-electron chi connectivity index (χ3n) is 12.9. The predicted molar refractivity (Wildman–Crippen MR) is 150 cm³/mol. The minimum absolute atomic E-state index is 0.0583. The van der Waals surface area contributed by atoms with Crippen molar-refractivity contribution in [2.24, 2.45) is 39.9 Å². The molecular weight excluding hydrogens is 572 g/mol. The highest BCUT2D eigenvalue weighted by molar-refractivity contribution is 5.87. The number of cyclic esters (lactones) is 1. The number of aliphatic hydroxyl groups is 1. The van der Waals surface area contributed by atoms with Gasteiger partial charge in [0, 0.05) is 47.3 Å². The number of esters is 3. The van der Waals surface area contributed by atoms with Crippen LogP contribution in [0.25, 0.3) is 0 Å². The van der Waals surface area contributed by atoms with Crippen LogP contribution in [-0.2, 0) is 42.8 Å². The Labute approximate surface area is 256 Å². The average molecular weight is 615 g/mol. The maximum atomic E-state index is 13.4. The summed E-state index contributed by atoms with van der Waals surface area (Å²) >= 11 is 0. The molecule has 3 aliphatic carbocycles. The van der Waals surface area contributed by atoms with Gasteiger partial charge < -0.3 is 37.9 Å². The first-order chi connectivity index (χ1) is 20.8. The highest BCUT2D eigenvalue weighted by atomic mass is 16.8. The van der Waals surface area contributed by atoms with Crippen LogP contribution in [0.2, 0.25) is 0 Å². The number of ether oxygens (including phenoxy) is 6. The van der Waals surface area contributed by atoms with E-state index < -0.39 is 76.0 Å². The van der Waals surface area contributed by atoms with Gasteiger partial charge in [0.05, 0.1) is 43.5 Å². The quantitative estimate of drug-likeness (QED) is 0.216. The molecule has 7 aliphatic rings. The highest BCUT2D eigenvalue weighted by Gasteiger charge is 2.93. The highest BCUT2D eigenvalue weighted by Crippen LogP contribution is 2.83. The lowest BCUT2D eigenvalue weighted by Gasteiger charge is -2.75. The van der Waals surface area contributed by atoms with Crippen molar-refractivity contribution in [2.45, 2.75) is 96.3 Å². The van der Waals surface area contributed by atoms with E-state index in [0.717, 1.165) is 5.56 Å². The SMILES string of the molecule is C/C=C(\C)C(=O)O[C@@H]1[C@@H]2[C@H]3O[C@]34[C@@H]3CC(=O)O[C@@H](c5ccoc5)[C@]3(C)CC[C@@H]4[C@]3(C)[C@@H](CC(=O)OC)[C@]1(C)[C@@H](OC)O[C@]23O. The maximum absolute atomic E-state index is 13.4. The van der Waals surface area contributed by atoms with Crippen LogP contribution in [0.5, 0.6) is 0 Å². The molecule has 3 saturated carbocycles. The number of carbonyl (C=O) groups is 3. The van der Waals surface area contributed by atoms with Crippen LogP contribution in [0.4, 0.5) is 0 Å². The molecule has 7 fully saturated rings. The van der Waals surface area contributed by atoms with Gasteiger partial charge in [0.15, 0.2) is 12.1 Å². The second kappa shape index (κ2) is 9.40. The van der Waals surface area contributed by atoms with Crippen LogP contribution in [-0.4, -0.2) is 67.1 Å². The summed E-state index contributed by atoms with van der Waals surface area (Å²) in [5.41, 5.74) is -2.27. The van der Waals surface area contributed by atoms with Gasteiger partial charge >= 0.3 is 17.9 Å². The summed E-state index contributed by atoms with van der Waals surface area (Å²) in [6.07, 6.45) is 3.21. The summed E-state index contributed by atoms with van der Waals surface area (Å²) in [5, 5.41) is 12.9. The van der Waals surface area contributed by atoms with Crippen molar-refractivity contribution in [3.8, 4) is 0 Å². The molecule has 11 heteroatoms. The molecule has 8 rings (SSSR count). The molecule has 4 bridgehead atoms. The zero-order valence-electron chi connectivity index (χ0n) is 26.3. The molecule has 1 aromatic rings. The van der Waals surface area contributed by atoms with Gasteiger partial charge in [0.1, 0.15) is 17.8 Å². The lowest BCUT2D eigenvalue weighted by atomic mass is 9.34. The summed E-state index contributed by atoms with van der Waals surface area (Å²) in [5.74, 6) is -5.17. The summed E-state index contributed by atoms with van der Waals surface area (Å²) in [7, 11) is 2.82. The fraction of sp³-hybridized carbons (Fsp3) is 0.727. The summed E-state index contributed by atoms with van der Waals surface area (Å²) in [4.78, 5) is 39.8. The minimum atomic E-state index is -1.87. The lowest BCUT2D eigenvalue weighted by Crippen LogP contribution is -2.85. The third kappa shape index (κ3) is 3.34. The Bertz CT molecular complexity index is 1420. The minimum Gasteiger partial charge on any atom is -0.472 e. The monoisotopic (exact) mass is 614 g/mol. The predicted octanol–water partition coefficient (Wildman–Crippen LogP) is 3.84. The first-order valence-corrected chi connectivity index (χ1v) is 15.5. The molecule has 0 aromatic carbocycles. The van der Waals surface area contributed by atoms with Crippen LogP contribution in [0.1, 0.15) is 72.0 Å². The average Bonchev–Trinajstić information content (AvgIpc) is 3.44. The summed E-state index contributed by atoms with van der Waals surface area (Å²) in [6, 6.07) is 1.82.